The van der Waals surface area contributed by atoms with Gasteiger partial charge < -0.3 is 21.5 Å². The van der Waals surface area contributed by atoms with E-state index in [-0.39, 0.29) is 11.7 Å². The Labute approximate surface area is 227 Å². The van der Waals surface area contributed by atoms with Crippen LogP contribution in [0, 0.1) is 12.8 Å². The lowest BCUT2D eigenvalue weighted by Gasteiger charge is -2.20. The van der Waals surface area contributed by atoms with Gasteiger partial charge in [0.25, 0.3) is 0 Å². The molecule has 0 saturated heterocycles. The summed E-state index contributed by atoms with van der Waals surface area (Å²) in [7, 11) is 0. The summed E-state index contributed by atoms with van der Waals surface area (Å²) in [5.74, 6) is 1.16. The van der Waals surface area contributed by atoms with Crippen molar-refractivity contribution in [1.82, 2.24) is 5.32 Å². The quantitative estimate of drug-likeness (QED) is 0.134. The van der Waals surface area contributed by atoms with E-state index < -0.39 is 11.7 Å². The van der Waals surface area contributed by atoms with Crippen LogP contribution in [0.15, 0.2) is 96.7 Å². The fraction of sp³-hybridized carbons (Fsp3) is 0.258. The summed E-state index contributed by atoms with van der Waals surface area (Å²) < 4.78 is 36.9. The molecule has 1 atom stereocenters. The number of alkyl halides is 3. The summed E-state index contributed by atoms with van der Waals surface area (Å²) in [4.78, 5) is 10.8. The zero-order chi connectivity index (χ0) is 28.4. The van der Waals surface area contributed by atoms with Gasteiger partial charge in [-0.05, 0) is 79.3 Å². The number of aryl methyl sites for hydroxylation is 1. The zero-order valence-corrected chi connectivity index (χ0v) is 21.8. The number of nitrogens with one attached hydrogen (secondary N) is 2. The highest BCUT2D eigenvalue weighted by Crippen LogP contribution is 2.31. The second-order valence-corrected chi connectivity index (χ2v) is 9.56. The molecule has 4 rings (SSSR count). The average Bonchev–Trinajstić information content (AvgIpc) is 3.73. The number of carbonyl (C=O) groups is 1. The molecule has 5 nitrogen and oxygen atoms in total. The van der Waals surface area contributed by atoms with E-state index in [1.54, 1.807) is 30.3 Å². The van der Waals surface area contributed by atoms with E-state index in [1.807, 2.05) is 12.1 Å². The Balaban J connectivity index is 0.000000216. The number of anilines is 1. The predicted octanol–water partition coefficient (Wildman–Crippen LogP) is 6.55. The molecule has 0 aromatic heterocycles. The highest BCUT2D eigenvalue weighted by atomic mass is 19.4. The normalized spacial score (nSPS) is 14.1. The smallest absolute Gasteiger partial charge is 0.415 e. The van der Waals surface area contributed by atoms with Gasteiger partial charge >= 0.3 is 6.18 Å². The Morgan fingerprint density at radius 1 is 1.08 bits per heavy atom. The Morgan fingerprint density at radius 3 is 2.33 bits per heavy atom. The van der Waals surface area contributed by atoms with Crippen LogP contribution in [-0.4, -0.2) is 24.1 Å². The first-order valence-electron chi connectivity index (χ1n) is 12.7. The third-order valence-electron chi connectivity index (χ3n) is 6.16. The maximum atomic E-state index is 12.3. The van der Waals surface area contributed by atoms with E-state index in [4.69, 9.17) is 5.73 Å². The minimum absolute atomic E-state index is 0.155. The number of hydrogen-bond acceptors (Lipinski definition) is 5. The van der Waals surface area contributed by atoms with Gasteiger partial charge in [0.05, 0.1) is 17.3 Å². The predicted molar refractivity (Wildman–Crippen MR) is 149 cm³/mol. The van der Waals surface area contributed by atoms with Gasteiger partial charge in [-0.1, -0.05) is 60.7 Å². The van der Waals surface area contributed by atoms with Crippen molar-refractivity contribution in [2.24, 2.45) is 11.7 Å². The number of allylic oxidation sites excluding steroid dienone is 3. The van der Waals surface area contributed by atoms with E-state index in [1.165, 1.54) is 24.0 Å². The molecule has 5 N–H and O–H groups in total. The molecule has 1 unspecified atom stereocenters. The van der Waals surface area contributed by atoms with Gasteiger partial charge in [-0.3, -0.25) is 4.79 Å². The first kappa shape index (κ1) is 29.7. The maximum Gasteiger partial charge on any atom is 0.415 e. The molecule has 1 aliphatic rings. The molecule has 1 aliphatic carbocycles. The minimum atomic E-state index is -4.56. The molecular formula is C31H34F3N3O2. The maximum absolute atomic E-state index is 12.3. The van der Waals surface area contributed by atoms with E-state index in [2.05, 4.69) is 54.5 Å². The molecule has 0 heterocycles. The first-order chi connectivity index (χ1) is 18.6. The van der Waals surface area contributed by atoms with Crippen LogP contribution < -0.4 is 16.4 Å². The Hall–Kier alpha value is -3.88. The highest BCUT2D eigenvalue weighted by molar-refractivity contribution is 5.79. The van der Waals surface area contributed by atoms with Crippen LogP contribution in [0.3, 0.4) is 0 Å². The topological polar surface area (TPSA) is 87.4 Å². The molecule has 206 valence electrons. The van der Waals surface area contributed by atoms with Crippen LogP contribution >= 0.6 is 0 Å². The standard InChI is InChI=1S/C18H21NO.C13H13F3N2O/c1-13-4-2-5-15(10-13)18(19-12-14-8-9-14)16-6-3-7-17(20)11-16;1-9(13(14,15)16)5-12(8-19)18-11-4-2-3-10(6-11)7-17/h2-7,10-11,14,18-20H,8-9,12H2,1H3;2-6,8,18H,1,7,17H2/b;12-5-. The van der Waals surface area contributed by atoms with Crippen LogP contribution in [-0.2, 0) is 11.3 Å². The molecule has 39 heavy (non-hydrogen) atoms. The number of benzene rings is 3. The zero-order valence-electron chi connectivity index (χ0n) is 21.8. The fourth-order valence-electron chi connectivity index (χ4n) is 3.90. The molecule has 1 fully saturated rings. The fourth-order valence-corrected chi connectivity index (χ4v) is 3.90. The average molecular weight is 538 g/mol. The van der Waals surface area contributed by atoms with Crippen LogP contribution in [0.25, 0.3) is 0 Å². The monoisotopic (exact) mass is 537 g/mol. The summed E-state index contributed by atoms with van der Waals surface area (Å²) in [6, 6.07) is 23.0. The van der Waals surface area contributed by atoms with Crippen LogP contribution in [0.2, 0.25) is 0 Å². The summed E-state index contributed by atoms with van der Waals surface area (Å²) in [5, 5.41) is 16.0. The van der Waals surface area contributed by atoms with E-state index in [0.717, 1.165) is 23.6 Å². The van der Waals surface area contributed by atoms with Crippen LogP contribution in [0.4, 0.5) is 18.9 Å². The van der Waals surface area contributed by atoms with Crippen LogP contribution in [0.5, 0.6) is 5.75 Å². The molecule has 3 aromatic carbocycles. The van der Waals surface area contributed by atoms with Gasteiger partial charge in [-0.2, -0.15) is 13.2 Å². The SMILES string of the molecule is C=C(/C=C(/C=O)Nc1cccc(CN)c1)C(F)(F)F.Cc1cccc(C(NCC2CC2)c2cccc(O)c2)c1. The number of halogens is 3. The van der Waals surface area contributed by atoms with E-state index in [0.29, 0.717) is 30.3 Å². The Kier molecular flexibility index (Phi) is 10.5. The van der Waals surface area contributed by atoms with Crippen molar-refractivity contribution in [3.8, 4) is 5.75 Å². The molecule has 8 heteroatoms. The van der Waals surface area contributed by atoms with Gasteiger partial charge in [0.1, 0.15) is 5.75 Å². The molecule has 1 saturated carbocycles. The van der Waals surface area contributed by atoms with Crippen molar-refractivity contribution in [2.45, 2.75) is 38.5 Å². The number of phenols is 1. The molecule has 0 spiro atoms. The Bertz CT molecular complexity index is 1250. The number of aldehydes is 1. The number of nitrogens with two attached hydrogens (primary N) is 1. The number of phenolic OH excluding ortho intramolecular Hbond substituents is 1. The van der Waals surface area contributed by atoms with Crippen LogP contribution in [0.1, 0.15) is 41.1 Å². The number of rotatable bonds is 10. The second-order valence-electron chi connectivity index (χ2n) is 9.56. The minimum Gasteiger partial charge on any atom is -0.508 e. The molecular weight excluding hydrogens is 503 g/mol. The van der Waals surface area contributed by atoms with E-state index >= 15 is 0 Å². The first-order valence-corrected chi connectivity index (χ1v) is 12.7. The second kappa shape index (κ2) is 13.8. The number of carbonyl (C=O) groups excluding carboxylic acids is 1. The lowest BCUT2D eigenvalue weighted by molar-refractivity contribution is -0.104. The molecule has 0 aliphatic heterocycles. The molecule has 0 radical (unpaired) electrons. The number of aromatic hydroxyl groups is 1. The summed E-state index contributed by atoms with van der Waals surface area (Å²) >= 11 is 0. The summed E-state index contributed by atoms with van der Waals surface area (Å²) in [6.07, 6.45) is -0.926. The van der Waals surface area contributed by atoms with Crippen molar-refractivity contribution >= 4 is 12.0 Å². The van der Waals surface area contributed by atoms with Gasteiger partial charge in [0.2, 0.25) is 0 Å². The third kappa shape index (κ3) is 9.74. The summed E-state index contributed by atoms with van der Waals surface area (Å²) in [5.41, 5.74) is 9.05. The van der Waals surface area contributed by atoms with Crippen molar-refractivity contribution in [3.05, 3.63) is 119 Å². The van der Waals surface area contributed by atoms with Gasteiger partial charge in [-0.25, -0.2) is 0 Å². The molecule has 0 amide bonds. The lowest BCUT2D eigenvalue weighted by Crippen LogP contribution is -2.24. The number of hydrogen-bond donors (Lipinski definition) is 4. The largest absolute Gasteiger partial charge is 0.508 e. The lowest BCUT2D eigenvalue weighted by atomic mass is 9.97. The van der Waals surface area contributed by atoms with Crippen molar-refractivity contribution in [2.75, 3.05) is 11.9 Å². The van der Waals surface area contributed by atoms with Gasteiger partial charge in [0.15, 0.2) is 6.29 Å². The van der Waals surface area contributed by atoms with Gasteiger partial charge in [0, 0.05) is 12.2 Å². The van der Waals surface area contributed by atoms with Gasteiger partial charge in [-0.15, -0.1) is 0 Å². The van der Waals surface area contributed by atoms with Crippen molar-refractivity contribution in [1.29, 1.82) is 0 Å². The van der Waals surface area contributed by atoms with Crippen molar-refractivity contribution in [3.63, 3.8) is 0 Å². The van der Waals surface area contributed by atoms with E-state index in [9.17, 15) is 23.1 Å². The molecule has 3 aromatic rings. The summed E-state index contributed by atoms with van der Waals surface area (Å²) in [6.45, 7) is 6.33. The Morgan fingerprint density at radius 2 is 1.74 bits per heavy atom. The molecule has 0 bridgehead atoms. The highest BCUT2D eigenvalue weighted by Gasteiger charge is 2.30. The third-order valence-corrected chi connectivity index (χ3v) is 6.16. The van der Waals surface area contributed by atoms with Crippen molar-refractivity contribution < 1.29 is 23.1 Å².